The molecule has 0 aliphatic rings. The zero-order chi connectivity index (χ0) is 19.4. The number of hydrogen-bond donors (Lipinski definition) is 3. The van der Waals surface area contributed by atoms with Crippen LogP contribution in [0.1, 0.15) is 43.2 Å². The van der Waals surface area contributed by atoms with Gasteiger partial charge >= 0.3 is 5.97 Å². The van der Waals surface area contributed by atoms with Gasteiger partial charge in [0.15, 0.2) is 0 Å². The molecule has 1 heterocycles. The molecule has 0 spiro atoms. The molecule has 0 saturated heterocycles. The van der Waals surface area contributed by atoms with E-state index >= 15 is 0 Å². The Balaban J connectivity index is 2.00. The van der Waals surface area contributed by atoms with Crippen molar-refractivity contribution in [3.05, 3.63) is 57.9 Å². The maximum Gasteiger partial charge on any atom is 0.337 e. The van der Waals surface area contributed by atoms with Crippen molar-refractivity contribution in [2.24, 2.45) is 0 Å². The summed E-state index contributed by atoms with van der Waals surface area (Å²) in [6.07, 6.45) is 0. The summed E-state index contributed by atoms with van der Waals surface area (Å²) >= 11 is 0. The van der Waals surface area contributed by atoms with Crippen molar-refractivity contribution in [2.75, 3.05) is 11.9 Å². The summed E-state index contributed by atoms with van der Waals surface area (Å²) < 4.78 is 0. The lowest BCUT2D eigenvalue weighted by Crippen LogP contribution is -2.33. The number of nitrogens with one attached hydrogen (secondary N) is 2. The van der Waals surface area contributed by atoms with Gasteiger partial charge in [0.05, 0.1) is 17.8 Å². The number of anilines is 1. The van der Waals surface area contributed by atoms with Gasteiger partial charge in [0.25, 0.3) is 5.91 Å². The molecule has 136 valence electrons. The monoisotopic (exact) mass is 355 g/mol. The highest BCUT2D eigenvalue weighted by atomic mass is 16.4. The number of carboxylic acids is 1. The number of carbonyl (C=O) groups excluding carboxylic acids is 2. The molecule has 0 bridgehead atoms. The van der Waals surface area contributed by atoms with Crippen LogP contribution in [-0.2, 0) is 4.79 Å². The highest BCUT2D eigenvalue weighted by Crippen LogP contribution is 2.21. The molecule has 3 N–H and O–H groups in total. The maximum atomic E-state index is 12.1. The van der Waals surface area contributed by atoms with Crippen LogP contribution in [0.2, 0.25) is 0 Å². The third-order valence-corrected chi connectivity index (χ3v) is 3.90. The number of nitrogens with zero attached hydrogens (tertiary/aromatic N) is 1. The molecule has 2 amide bonds. The van der Waals surface area contributed by atoms with Crippen molar-refractivity contribution in [3.8, 4) is 0 Å². The zero-order valence-electron chi connectivity index (χ0n) is 15.1. The van der Waals surface area contributed by atoms with Crippen LogP contribution >= 0.6 is 0 Å². The molecule has 0 atom stereocenters. The molecule has 0 radical (unpaired) electrons. The van der Waals surface area contributed by atoms with Crippen molar-refractivity contribution in [2.45, 2.75) is 27.7 Å². The highest BCUT2D eigenvalue weighted by molar-refractivity contribution is 5.99. The summed E-state index contributed by atoms with van der Waals surface area (Å²) in [4.78, 5) is 39.2. The molecule has 7 nitrogen and oxygen atoms in total. The minimum atomic E-state index is -1.11. The van der Waals surface area contributed by atoms with Gasteiger partial charge in [0, 0.05) is 5.69 Å². The first kappa shape index (κ1) is 19.1. The number of aromatic carboxylic acids is 1. The second kappa shape index (κ2) is 7.77. The van der Waals surface area contributed by atoms with Crippen molar-refractivity contribution < 1.29 is 19.5 Å². The van der Waals surface area contributed by atoms with E-state index in [1.165, 1.54) is 19.1 Å². The van der Waals surface area contributed by atoms with Gasteiger partial charge in [-0.05, 0) is 51.0 Å². The number of pyridine rings is 1. The van der Waals surface area contributed by atoms with Crippen molar-refractivity contribution >= 4 is 23.5 Å². The van der Waals surface area contributed by atoms with Crippen LogP contribution in [0, 0.1) is 27.7 Å². The highest BCUT2D eigenvalue weighted by Gasteiger charge is 2.14. The van der Waals surface area contributed by atoms with Crippen LogP contribution in [0.3, 0.4) is 0 Å². The summed E-state index contributed by atoms with van der Waals surface area (Å²) in [5.41, 5.74) is 4.06. The molecular formula is C19H21N3O4. The molecule has 0 saturated carbocycles. The van der Waals surface area contributed by atoms with Crippen LogP contribution in [0.5, 0.6) is 0 Å². The average Bonchev–Trinajstić information content (AvgIpc) is 2.55. The van der Waals surface area contributed by atoms with Gasteiger partial charge in [0.2, 0.25) is 5.91 Å². The summed E-state index contributed by atoms with van der Waals surface area (Å²) in [7, 11) is 0. The summed E-state index contributed by atoms with van der Waals surface area (Å²) in [5, 5.41) is 14.3. The maximum absolute atomic E-state index is 12.1. The summed E-state index contributed by atoms with van der Waals surface area (Å²) in [6, 6.07) is 6.58. The predicted octanol–water partition coefficient (Wildman–Crippen LogP) is 2.38. The van der Waals surface area contributed by atoms with Gasteiger partial charge in [-0.3, -0.25) is 9.59 Å². The number of benzene rings is 1. The fraction of sp³-hybridized carbons (Fsp3) is 0.263. The fourth-order valence-corrected chi connectivity index (χ4v) is 2.73. The number of carboxylic acid groups (broad SMARTS) is 1. The van der Waals surface area contributed by atoms with Crippen LogP contribution in [-0.4, -0.2) is 34.4 Å². The van der Waals surface area contributed by atoms with Crippen molar-refractivity contribution in [3.63, 3.8) is 0 Å². The van der Waals surface area contributed by atoms with Crippen molar-refractivity contribution in [1.82, 2.24) is 10.3 Å². The van der Waals surface area contributed by atoms with E-state index < -0.39 is 11.9 Å². The van der Waals surface area contributed by atoms with E-state index in [0.29, 0.717) is 0 Å². The standard InChI is InChI=1S/C19H21N3O4/c1-10-7-11(2)17(12(3)8-10)22-16(23)9-20-18(24)15-6-5-14(19(25)26)13(4)21-15/h5-8H,9H2,1-4H3,(H,20,24)(H,22,23)(H,25,26). The minimum absolute atomic E-state index is 0.0321. The summed E-state index contributed by atoms with van der Waals surface area (Å²) in [6.45, 7) is 7.09. The topological polar surface area (TPSA) is 108 Å². The Morgan fingerprint density at radius 3 is 2.19 bits per heavy atom. The average molecular weight is 355 g/mol. The number of amides is 2. The largest absolute Gasteiger partial charge is 0.478 e. The molecule has 0 aliphatic carbocycles. The van der Waals surface area contributed by atoms with Gasteiger partial charge in [-0.25, -0.2) is 9.78 Å². The molecule has 0 unspecified atom stereocenters. The van der Waals surface area contributed by atoms with Crippen LogP contribution in [0.15, 0.2) is 24.3 Å². The number of rotatable bonds is 5. The molecule has 1 aromatic heterocycles. The van der Waals surface area contributed by atoms with Crippen LogP contribution in [0.25, 0.3) is 0 Å². The quantitative estimate of drug-likeness (QED) is 0.763. The number of hydrogen-bond acceptors (Lipinski definition) is 4. The van der Waals surface area contributed by atoms with E-state index in [0.717, 1.165) is 22.4 Å². The van der Waals surface area contributed by atoms with E-state index in [-0.39, 0.29) is 29.4 Å². The molecule has 2 rings (SSSR count). The SMILES string of the molecule is Cc1cc(C)c(NC(=O)CNC(=O)c2ccc(C(=O)O)c(C)n2)c(C)c1. The van der Waals surface area contributed by atoms with E-state index in [9.17, 15) is 14.4 Å². The molecule has 2 aromatic rings. The molecular weight excluding hydrogens is 334 g/mol. The first-order valence-electron chi connectivity index (χ1n) is 8.06. The molecule has 26 heavy (non-hydrogen) atoms. The van der Waals surface area contributed by atoms with Gasteiger partial charge in [-0.1, -0.05) is 17.7 Å². The smallest absolute Gasteiger partial charge is 0.337 e. The van der Waals surface area contributed by atoms with Crippen LogP contribution < -0.4 is 10.6 Å². The number of carbonyl (C=O) groups is 3. The lowest BCUT2D eigenvalue weighted by atomic mass is 10.1. The lowest BCUT2D eigenvalue weighted by molar-refractivity contribution is -0.115. The van der Waals surface area contributed by atoms with Gasteiger partial charge in [-0.2, -0.15) is 0 Å². The Bertz CT molecular complexity index is 867. The minimum Gasteiger partial charge on any atom is -0.478 e. The number of aromatic nitrogens is 1. The Hall–Kier alpha value is -3.22. The Labute approximate surface area is 151 Å². The zero-order valence-corrected chi connectivity index (χ0v) is 15.1. The molecule has 7 heteroatoms. The third kappa shape index (κ3) is 4.44. The third-order valence-electron chi connectivity index (χ3n) is 3.90. The molecule has 0 aliphatic heterocycles. The molecule has 1 aromatic carbocycles. The van der Waals surface area contributed by atoms with Crippen molar-refractivity contribution in [1.29, 1.82) is 0 Å². The first-order chi connectivity index (χ1) is 12.2. The van der Waals surface area contributed by atoms with Gasteiger partial charge in [-0.15, -0.1) is 0 Å². The van der Waals surface area contributed by atoms with Gasteiger partial charge in [0.1, 0.15) is 5.69 Å². The Kier molecular flexibility index (Phi) is 5.71. The second-order valence-electron chi connectivity index (χ2n) is 6.14. The second-order valence-corrected chi connectivity index (χ2v) is 6.14. The van der Waals surface area contributed by atoms with E-state index in [1.54, 1.807) is 0 Å². The van der Waals surface area contributed by atoms with Gasteiger partial charge < -0.3 is 15.7 Å². The normalized spacial score (nSPS) is 10.3. The van der Waals surface area contributed by atoms with E-state index in [1.807, 2.05) is 32.9 Å². The number of aryl methyl sites for hydroxylation is 4. The lowest BCUT2D eigenvalue weighted by Gasteiger charge is -2.13. The summed E-state index contributed by atoms with van der Waals surface area (Å²) in [5.74, 6) is -2.00. The van der Waals surface area contributed by atoms with E-state index in [4.69, 9.17) is 5.11 Å². The Morgan fingerprint density at radius 1 is 1.04 bits per heavy atom. The Morgan fingerprint density at radius 2 is 1.65 bits per heavy atom. The molecule has 0 fully saturated rings. The van der Waals surface area contributed by atoms with Crippen LogP contribution in [0.4, 0.5) is 5.69 Å². The van der Waals surface area contributed by atoms with E-state index in [2.05, 4.69) is 15.6 Å². The predicted molar refractivity (Wildman–Crippen MR) is 97.5 cm³/mol. The fourth-order valence-electron chi connectivity index (χ4n) is 2.73. The first-order valence-corrected chi connectivity index (χ1v) is 8.06.